The Morgan fingerprint density at radius 1 is 1.00 bits per heavy atom. The van der Waals surface area contributed by atoms with Crippen molar-refractivity contribution in [2.45, 2.75) is 68.6 Å². The van der Waals surface area contributed by atoms with E-state index in [0.29, 0.717) is 6.29 Å². The minimum Gasteiger partial charge on any atom is -0.316 e. The summed E-state index contributed by atoms with van der Waals surface area (Å²) in [6.07, 6.45) is 3.99. The third-order valence-electron chi connectivity index (χ3n) is 6.47. The molecule has 4 fully saturated rings. The van der Waals surface area contributed by atoms with Gasteiger partial charge in [-0.25, -0.2) is 4.72 Å². The first kappa shape index (κ1) is 22.6. The second-order valence-corrected chi connectivity index (χ2v) is 10.1. The molecule has 4 aliphatic rings. The number of hydrogen-bond donors (Lipinski definition) is 2. The van der Waals surface area contributed by atoms with E-state index in [1.54, 1.807) is 46.0 Å². The molecule has 4 aliphatic carbocycles. The number of halogens is 3. The fraction of sp³-hybridized carbons (Fsp3) is 0.682. The molecule has 4 bridgehead atoms. The van der Waals surface area contributed by atoms with E-state index in [1.165, 1.54) is 18.2 Å². The van der Waals surface area contributed by atoms with Crippen LogP contribution in [0.5, 0.6) is 0 Å². The molecule has 5 rings (SSSR count). The number of carbonyl (C=O) groups is 1. The summed E-state index contributed by atoms with van der Waals surface area (Å²) >= 11 is 0.804. The lowest BCUT2D eigenvalue weighted by Crippen LogP contribution is -2.53. The third-order valence-corrected chi connectivity index (χ3v) is 7.68. The highest BCUT2D eigenvalue weighted by Crippen LogP contribution is 2.53. The number of aldehydes is 1. The number of alkyl halides is 3. The number of benzene rings is 1. The predicted molar refractivity (Wildman–Crippen MR) is 110 cm³/mol. The van der Waals surface area contributed by atoms with E-state index < -0.39 is 17.3 Å². The number of hydrogen-bond acceptors (Lipinski definition) is 4. The standard InChI is InChI=1S/C11H12F3NOS.C11H19N/c1-10(2,7-16)15-17-9-6-4-3-5-8(9)11(12,13)14;1-12-11-9-3-7-2-8(5-9)6-10(11)4-7/h3-7,15H,1-2H3;7-12H,2-6H2,1H3. The molecule has 2 N–H and O–H groups in total. The van der Waals surface area contributed by atoms with Crippen molar-refractivity contribution in [1.29, 1.82) is 0 Å². The summed E-state index contributed by atoms with van der Waals surface area (Å²) in [4.78, 5) is 10.7. The van der Waals surface area contributed by atoms with Crippen molar-refractivity contribution in [2.24, 2.45) is 23.7 Å². The largest absolute Gasteiger partial charge is 0.417 e. The first-order valence-corrected chi connectivity index (χ1v) is 11.2. The molecule has 4 saturated carbocycles. The van der Waals surface area contributed by atoms with Crippen LogP contribution in [0.25, 0.3) is 0 Å². The summed E-state index contributed by atoms with van der Waals surface area (Å²) < 4.78 is 40.6. The highest BCUT2D eigenvalue weighted by atomic mass is 32.2. The molecule has 1 aromatic carbocycles. The van der Waals surface area contributed by atoms with E-state index in [0.717, 1.165) is 47.7 Å². The van der Waals surface area contributed by atoms with Crippen LogP contribution >= 0.6 is 11.9 Å². The monoisotopic (exact) mass is 428 g/mol. The van der Waals surface area contributed by atoms with Gasteiger partial charge in [0.15, 0.2) is 0 Å². The highest BCUT2D eigenvalue weighted by Gasteiger charge is 2.47. The van der Waals surface area contributed by atoms with Gasteiger partial charge in [-0.3, -0.25) is 0 Å². The van der Waals surface area contributed by atoms with Crippen LogP contribution < -0.4 is 10.0 Å². The van der Waals surface area contributed by atoms with Crippen LogP contribution in [0.2, 0.25) is 0 Å². The minimum atomic E-state index is -4.39. The molecule has 0 aliphatic heterocycles. The van der Waals surface area contributed by atoms with E-state index in [-0.39, 0.29) is 4.90 Å². The highest BCUT2D eigenvalue weighted by molar-refractivity contribution is 7.97. The summed E-state index contributed by atoms with van der Waals surface area (Å²) in [5.74, 6) is 4.34. The predicted octanol–water partition coefficient (Wildman–Crippen LogP) is 5.31. The van der Waals surface area contributed by atoms with Crippen molar-refractivity contribution in [3.8, 4) is 0 Å². The summed E-state index contributed by atoms with van der Waals surface area (Å²) in [6, 6.07) is 6.11. The van der Waals surface area contributed by atoms with Crippen LogP contribution in [0, 0.1) is 23.7 Å². The maximum atomic E-state index is 12.6. The summed E-state index contributed by atoms with van der Waals surface area (Å²) in [6.45, 7) is 3.17. The van der Waals surface area contributed by atoms with Crippen LogP contribution in [0.15, 0.2) is 29.2 Å². The molecule has 3 nitrogen and oxygen atoms in total. The molecule has 0 unspecified atom stereocenters. The van der Waals surface area contributed by atoms with Gasteiger partial charge in [-0.05, 0) is 101 Å². The van der Waals surface area contributed by atoms with Gasteiger partial charge in [0.2, 0.25) is 0 Å². The zero-order valence-corrected chi connectivity index (χ0v) is 18.1. The zero-order chi connectivity index (χ0) is 21.2. The van der Waals surface area contributed by atoms with Crippen molar-refractivity contribution in [3.63, 3.8) is 0 Å². The fourth-order valence-corrected chi connectivity index (χ4v) is 6.26. The molecule has 1 aromatic rings. The van der Waals surface area contributed by atoms with Gasteiger partial charge in [0.25, 0.3) is 0 Å². The topological polar surface area (TPSA) is 41.1 Å². The lowest BCUT2D eigenvalue weighted by Gasteiger charge is -2.54. The molecule has 0 amide bonds. The number of carbonyl (C=O) groups excluding carboxylic acids is 1. The summed E-state index contributed by atoms with van der Waals surface area (Å²) in [7, 11) is 2.16. The quantitative estimate of drug-likeness (QED) is 0.493. The van der Waals surface area contributed by atoms with Gasteiger partial charge in [-0.2, -0.15) is 13.2 Å². The van der Waals surface area contributed by atoms with Gasteiger partial charge in [0.05, 0.1) is 11.1 Å². The van der Waals surface area contributed by atoms with Gasteiger partial charge >= 0.3 is 6.18 Å². The second kappa shape index (κ2) is 8.98. The summed E-state index contributed by atoms with van der Waals surface area (Å²) in [5, 5.41) is 3.55. The van der Waals surface area contributed by atoms with Crippen LogP contribution in [0.3, 0.4) is 0 Å². The molecule has 0 saturated heterocycles. The number of nitrogens with one attached hydrogen (secondary N) is 2. The smallest absolute Gasteiger partial charge is 0.316 e. The second-order valence-electron chi connectivity index (χ2n) is 9.28. The van der Waals surface area contributed by atoms with E-state index in [9.17, 15) is 18.0 Å². The Morgan fingerprint density at radius 3 is 2.03 bits per heavy atom. The fourth-order valence-electron chi connectivity index (χ4n) is 5.40. The lowest BCUT2D eigenvalue weighted by molar-refractivity contribution is -0.139. The van der Waals surface area contributed by atoms with Crippen molar-refractivity contribution in [1.82, 2.24) is 10.0 Å². The third kappa shape index (κ3) is 5.56. The van der Waals surface area contributed by atoms with Gasteiger partial charge in [0.1, 0.15) is 6.29 Å². The minimum absolute atomic E-state index is 0.0509. The molecule has 0 heterocycles. The number of rotatable bonds is 5. The Morgan fingerprint density at radius 2 is 1.55 bits per heavy atom. The van der Waals surface area contributed by atoms with Gasteiger partial charge < -0.3 is 10.1 Å². The van der Waals surface area contributed by atoms with Crippen LogP contribution in [-0.2, 0) is 11.0 Å². The molecule has 0 aromatic heterocycles. The first-order valence-electron chi connectivity index (χ1n) is 10.4. The van der Waals surface area contributed by atoms with Crippen molar-refractivity contribution < 1.29 is 18.0 Å². The maximum absolute atomic E-state index is 12.6. The average molecular weight is 429 g/mol. The Hall–Kier alpha value is -1.05. The Labute approximate surface area is 175 Å². The van der Waals surface area contributed by atoms with E-state index in [1.807, 2.05) is 0 Å². The summed E-state index contributed by atoms with van der Waals surface area (Å²) in [5.41, 5.74) is -1.58. The molecule has 7 heteroatoms. The Bertz CT molecular complexity index is 680. The van der Waals surface area contributed by atoms with Crippen LogP contribution in [0.4, 0.5) is 13.2 Å². The zero-order valence-electron chi connectivity index (χ0n) is 17.3. The van der Waals surface area contributed by atoms with Gasteiger partial charge in [-0.1, -0.05) is 12.1 Å². The normalized spacial score (nSPS) is 30.6. The molecule has 29 heavy (non-hydrogen) atoms. The van der Waals surface area contributed by atoms with Gasteiger partial charge in [-0.15, -0.1) is 0 Å². The SMILES string of the molecule is CC(C)(C=O)NSc1ccccc1C(F)(F)F.CNC1C2CC3CC(C2)CC1C3. The molecular weight excluding hydrogens is 397 g/mol. The molecular formula is C22H31F3N2OS. The van der Waals surface area contributed by atoms with E-state index in [2.05, 4.69) is 17.1 Å². The molecule has 162 valence electrons. The van der Waals surface area contributed by atoms with Crippen LogP contribution in [-0.4, -0.2) is 24.9 Å². The molecule has 0 spiro atoms. The molecule has 0 radical (unpaired) electrons. The van der Waals surface area contributed by atoms with Crippen LogP contribution in [0.1, 0.15) is 51.5 Å². The van der Waals surface area contributed by atoms with E-state index in [4.69, 9.17) is 0 Å². The van der Waals surface area contributed by atoms with Crippen molar-refractivity contribution in [3.05, 3.63) is 29.8 Å². The first-order chi connectivity index (χ1) is 13.6. The Kier molecular flexibility index (Phi) is 7.01. The van der Waals surface area contributed by atoms with Crippen molar-refractivity contribution in [2.75, 3.05) is 7.05 Å². The molecule has 0 atom stereocenters. The lowest BCUT2D eigenvalue weighted by atomic mass is 9.54. The van der Waals surface area contributed by atoms with E-state index >= 15 is 0 Å². The van der Waals surface area contributed by atoms with Gasteiger partial charge in [0, 0.05) is 10.9 Å². The average Bonchev–Trinajstić information content (AvgIpc) is 2.66. The Balaban J connectivity index is 0.000000174. The maximum Gasteiger partial charge on any atom is 0.417 e. The van der Waals surface area contributed by atoms with Crippen molar-refractivity contribution >= 4 is 18.2 Å².